The van der Waals surface area contributed by atoms with Gasteiger partial charge in [0.1, 0.15) is 28.6 Å². The molecule has 0 unspecified atom stereocenters. The highest BCUT2D eigenvalue weighted by Gasteiger charge is 2.18. The Morgan fingerprint density at radius 2 is 1.97 bits per heavy atom. The smallest absolute Gasteiger partial charge is 0.269 e. The van der Waals surface area contributed by atoms with E-state index in [1.165, 1.54) is 10.5 Å². The minimum atomic E-state index is -0.674. The van der Waals surface area contributed by atoms with Gasteiger partial charge in [-0.2, -0.15) is 10.2 Å². The summed E-state index contributed by atoms with van der Waals surface area (Å²) in [5.41, 5.74) is 0.823. The standard InChI is InChI=1S/C25H16BrClN4O3/c1-15-4-3-11-31-22(15)30-24(34-20-9-7-18(27)8-10-20)21(25(31)33)12-16(14-28)23(32)29-19-6-2-5-17(26)13-19/h2-13H,1H3,(H,29,32)/b16-12-. The van der Waals surface area contributed by atoms with E-state index in [4.69, 9.17) is 16.3 Å². The molecule has 2 aromatic heterocycles. The average Bonchev–Trinajstić information content (AvgIpc) is 2.81. The van der Waals surface area contributed by atoms with E-state index in [9.17, 15) is 14.9 Å². The fourth-order valence-electron chi connectivity index (χ4n) is 3.17. The molecule has 0 aliphatic rings. The van der Waals surface area contributed by atoms with Gasteiger partial charge in [0.25, 0.3) is 11.5 Å². The SMILES string of the molecule is Cc1cccn2c(=O)c(/C=C(/C#N)C(=O)Nc3cccc(Br)c3)c(Oc3ccc(Cl)cc3)nc12. The molecule has 168 valence electrons. The van der Waals surface area contributed by atoms with Crippen LogP contribution in [0.15, 0.2) is 81.7 Å². The number of carbonyl (C=O) groups is 1. The van der Waals surface area contributed by atoms with Crippen LogP contribution in [0.4, 0.5) is 5.69 Å². The maximum absolute atomic E-state index is 13.4. The minimum Gasteiger partial charge on any atom is -0.438 e. The van der Waals surface area contributed by atoms with Crippen molar-refractivity contribution in [1.29, 1.82) is 5.26 Å². The van der Waals surface area contributed by atoms with E-state index < -0.39 is 11.5 Å². The summed E-state index contributed by atoms with van der Waals surface area (Å²) >= 11 is 9.29. The number of carbonyl (C=O) groups excluding carboxylic acids is 1. The Hall–Kier alpha value is -3.93. The summed E-state index contributed by atoms with van der Waals surface area (Å²) in [4.78, 5) is 30.7. The van der Waals surface area contributed by atoms with Gasteiger partial charge in [-0.05, 0) is 67.1 Å². The fourth-order valence-corrected chi connectivity index (χ4v) is 3.69. The molecule has 0 aliphatic heterocycles. The molecule has 0 radical (unpaired) electrons. The third-order valence-corrected chi connectivity index (χ3v) is 5.56. The molecule has 4 aromatic rings. The van der Waals surface area contributed by atoms with Gasteiger partial charge < -0.3 is 10.1 Å². The molecule has 7 nitrogen and oxygen atoms in total. The number of nitrogens with one attached hydrogen (secondary N) is 1. The second-order valence-electron chi connectivity index (χ2n) is 7.21. The number of nitriles is 1. The number of hydrogen-bond donors (Lipinski definition) is 1. The van der Waals surface area contributed by atoms with Crippen LogP contribution < -0.4 is 15.6 Å². The summed E-state index contributed by atoms with van der Waals surface area (Å²) in [7, 11) is 0. The third kappa shape index (κ3) is 5.01. The first-order chi connectivity index (χ1) is 16.4. The number of rotatable bonds is 5. The molecule has 9 heteroatoms. The minimum absolute atomic E-state index is 0.0374. The van der Waals surface area contributed by atoms with Gasteiger partial charge >= 0.3 is 0 Å². The van der Waals surface area contributed by atoms with E-state index in [1.807, 2.05) is 19.1 Å². The van der Waals surface area contributed by atoms with Crippen molar-refractivity contribution in [3.05, 3.63) is 103 Å². The highest BCUT2D eigenvalue weighted by molar-refractivity contribution is 9.10. The molecule has 0 atom stereocenters. The molecule has 2 heterocycles. The normalized spacial score (nSPS) is 11.2. The first kappa shape index (κ1) is 23.2. The van der Waals surface area contributed by atoms with Crippen LogP contribution in [-0.4, -0.2) is 15.3 Å². The first-order valence-electron chi connectivity index (χ1n) is 10.00. The number of amides is 1. The molecule has 34 heavy (non-hydrogen) atoms. The monoisotopic (exact) mass is 534 g/mol. The number of anilines is 1. The van der Waals surface area contributed by atoms with Gasteiger partial charge in [0.05, 0.1) is 0 Å². The molecule has 0 saturated carbocycles. The Kier molecular flexibility index (Phi) is 6.77. The number of hydrogen-bond acceptors (Lipinski definition) is 5. The molecule has 0 saturated heterocycles. The van der Waals surface area contributed by atoms with E-state index in [2.05, 4.69) is 26.2 Å². The third-order valence-electron chi connectivity index (χ3n) is 4.81. The topological polar surface area (TPSA) is 96.5 Å². The number of halogens is 2. The molecule has 2 aromatic carbocycles. The van der Waals surface area contributed by atoms with Crippen molar-refractivity contribution >= 4 is 50.8 Å². The maximum Gasteiger partial charge on any atom is 0.269 e. The van der Waals surface area contributed by atoms with Crippen molar-refractivity contribution in [3.8, 4) is 17.7 Å². The molecule has 1 N–H and O–H groups in total. The number of nitrogens with zero attached hydrogens (tertiary/aromatic N) is 3. The van der Waals surface area contributed by atoms with Gasteiger partial charge in [-0.15, -0.1) is 0 Å². The van der Waals surface area contributed by atoms with Crippen LogP contribution in [-0.2, 0) is 4.79 Å². The van der Waals surface area contributed by atoms with Crippen molar-refractivity contribution in [2.24, 2.45) is 0 Å². The largest absolute Gasteiger partial charge is 0.438 e. The Balaban J connectivity index is 1.83. The van der Waals surface area contributed by atoms with Crippen LogP contribution in [0.3, 0.4) is 0 Å². The van der Waals surface area contributed by atoms with Crippen molar-refractivity contribution in [2.75, 3.05) is 5.32 Å². The molecule has 1 amide bonds. The zero-order chi connectivity index (χ0) is 24.2. The van der Waals surface area contributed by atoms with Crippen LogP contribution in [0.25, 0.3) is 11.7 Å². The Labute approximate surface area is 208 Å². The van der Waals surface area contributed by atoms with Crippen LogP contribution in [0.5, 0.6) is 11.6 Å². The summed E-state index contributed by atoms with van der Waals surface area (Å²) in [5.74, 6) is -0.322. The lowest BCUT2D eigenvalue weighted by molar-refractivity contribution is -0.112. The van der Waals surface area contributed by atoms with E-state index >= 15 is 0 Å². The molecule has 0 aliphatic carbocycles. The zero-order valence-electron chi connectivity index (χ0n) is 17.8. The lowest BCUT2D eigenvalue weighted by atomic mass is 10.1. The van der Waals surface area contributed by atoms with Gasteiger partial charge in [-0.3, -0.25) is 14.0 Å². The predicted octanol–water partition coefficient (Wildman–Crippen LogP) is 5.76. The van der Waals surface area contributed by atoms with Crippen molar-refractivity contribution in [2.45, 2.75) is 6.92 Å². The van der Waals surface area contributed by atoms with Gasteiger partial charge in [-0.25, -0.2) is 0 Å². The molecular formula is C25H16BrClN4O3. The second kappa shape index (κ2) is 9.91. The molecule has 4 rings (SSSR count). The fraction of sp³-hybridized carbons (Fsp3) is 0.0400. The number of fused-ring (bicyclic) bond motifs is 1. The Morgan fingerprint density at radius 3 is 2.68 bits per heavy atom. The van der Waals surface area contributed by atoms with Crippen LogP contribution >= 0.6 is 27.5 Å². The number of ether oxygens (including phenoxy) is 1. The maximum atomic E-state index is 13.4. The van der Waals surface area contributed by atoms with E-state index in [1.54, 1.807) is 60.8 Å². The summed E-state index contributed by atoms with van der Waals surface area (Å²) < 4.78 is 8.00. The molecule has 0 fully saturated rings. The Bertz CT molecular complexity index is 1540. The van der Waals surface area contributed by atoms with Crippen LogP contribution in [0.1, 0.15) is 11.1 Å². The van der Waals surface area contributed by atoms with Crippen molar-refractivity contribution in [1.82, 2.24) is 9.38 Å². The lowest BCUT2D eigenvalue weighted by Gasteiger charge is -2.11. The van der Waals surface area contributed by atoms with Gasteiger partial charge in [0.15, 0.2) is 0 Å². The van der Waals surface area contributed by atoms with Gasteiger partial charge in [0, 0.05) is 21.4 Å². The van der Waals surface area contributed by atoms with Gasteiger partial charge in [0.2, 0.25) is 5.88 Å². The lowest BCUT2D eigenvalue weighted by Crippen LogP contribution is -2.20. The molecule has 0 spiro atoms. The predicted molar refractivity (Wildman–Crippen MR) is 134 cm³/mol. The van der Waals surface area contributed by atoms with Crippen molar-refractivity contribution in [3.63, 3.8) is 0 Å². The highest BCUT2D eigenvalue weighted by atomic mass is 79.9. The van der Waals surface area contributed by atoms with Gasteiger partial charge in [-0.1, -0.05) is 39.7 Å². The quantitative estimate of drug-likeness (QED) is 0.259. The summed E-state index contributed by atoms with van der Waals surface area (Å²) in [6.07, 6.45) is 2.75. The van der Waals surface area contributed by atoms with Crippen LogP contribution in [0, 0.1) is 18.3 Å². The molecular weight excluding hydrogens is 520 g/mol. The van der Waals surface area contributed by atoms with E-state index in [0.717, 1.165) is 10.0 Å². The first-order valence-corrected chi connectivity index (χ1v) is 11.2. The second-order valence-corrected chi connectivity index (χ2v) is 8.56. The van der Waals surface area contributed by atoms with E-state index in [-0.39, 0.29) is 17.0 Å². The summed E-state index contributed by atoms with van der Waals surface area (Å²) in [6, 6.07) is 18.8. The number of benzene rings is 2. The van der Waals surface area contributed by atoms with Crippen molar-refractivity contribution < 1.29 is 9.53 Å². The molecule has 0 bridgehead atoms. The van der Waals surface area contributed by atoms with Crippen LogP contribution in [0.2, 0.25) is 5.02 Å². The summed E-state index contributed by atoms with van der Waals surface area (Å²) in [6.45, 7) is 1.81. The summed E-state index contributed by atoms with van der Waals surface area (Å²) in [5, 5.41) is 12.8. The average molecular weight is 536 g/mol. The van der Waals surface area contributed by atoms with E-state index in [0.29, 0.717) is 22.1 Å². The highest BCUT2D eigenvalue weighted by Crippen LogP contribution is 2.26. The number of aryl methyl sites for hydroxylation is 1. The number of pyridine rings is 1. The number of aromatic nitrogens is 2. The zero-order valence-corrected chi connectivity index (χ0v) is 20.1. The Morgan fingerprint density at radius 1 is 1.21 bits per heavy atom.